The zero-order chi connectivity index (χ0) is 16.1. The molecule has 0 bridgehead atoms. The van der Waals surface area contributed by atoms with E-state index in [0.29, 0.717) is 18.5 Å². The number of aliphatic hydroxyl groups is 1. The van der Waals surface area contributed by atoms with Crippen LogP contribution in [-0.4, -0.2) is 35.2 Å². The van der Waals surface area contributed by atoms with Gasteiger partial charge in [0, 0.05) is 12.6 Å². The lowest BCUT2D eigenvalue weighted by atomic mass is 9.94. The molecule has 1 aromatic carbocycles. The summed E-state index contributed by atoms with van der Waals surface area (Å²) in [5.41, 5.74) is 2.39. The molecule has 1 fully saturated rings. The summed E-state index contributed by atoms with van der Waals surface area (Å²) in [4.78, 5) is 14.4. The van der Waals surface area contributed by atoms with Gasteiger partial charge in [-0.25, -0.2) is 4.79 Å². The van der Waals surface area contributed by atoms with E-state index >= 15 is 0 Å². The number of carbonyl (C=O) groups is 1. The first kappa shape index (κ1) is 16.8. The minimum absolute atomic E-state index is 0.0170. The van der Waals surface area contributed by atoms with E-state index in [1.165, 1.54) is 11.1 Å². The number of benzene rings is 1. The van der Waals surface area contributed by atoms with Gasteiger partial charge in [-0.15, -0.1) is 0 Å². The second-order valence-electron chi connectivity index (χ2n) is 6.64. The van der Waals surface area contributed by atoms with Gasteiger partial charge in [-0.1, -0.05) is 38.1 Å². The highest BCUT2D eigenvalue weighted by Gasteiger charge is 2.33. The quantitative estimate of drug-likeness (QED) is 0.812. The predicted octanol–water partition coefficient (Wildman–Crippen LogP) is 3.25. The molecule has 1 unspecified atom stereocenters. The number of hydrogen-bond donors (Lipinski definition) is 2. The number of nitrogens with zero attached hydrogens (tertiary/aromatic N) is 1. The summed E-state index contributed by atoms with van der Waals surface area (Å²) >= 11 is 0. The fourth-order valence-corrected chi connectivity index (χ4v) is 2.89. The first-order chi connectivity index (χ1) is 10.5. The van der Waals surface area contributed by atoms with E-state index in [1.807, 2.05) is 12.1 Å². The van der Waals surface area contributed by atoms with Crippen molar-refractivity contribution in [2.75, 3.05) is 13.2 Å². The third kappa shape index (κ3) is 4.47. The smallest absolute Gasteiger partial charge is 0.318 e. The van der Waals surface area contributed by atoms with Gasteiger partial charge < -0.3 is 15.3 Å². The molecule has 0 aliphatic heterocycles. The number of aryl methyl sites for hydroxylation is 1. The molecular formula is C18H28N2O2. The van der Waals surface area contributed by atoms with Crippen LogP contribution in [0.4, 0.5) is 4.79 Å². The highest BCUT2D eigenvalue weighted by molar-refractivity contribution is 5.75. The lowest BCUT2D eigenvalue weighted by molar-refractivity contribution is 0.169. The first-order valence-corrected chi connectivity index (χ1v) is 8.26. The lowest BCUT2D eigenvalue weighted by Gasteiger charge is -2.28. The van der Waals surface area contributed by atoms with Crippen molar-refractivity contribution < 1.29 is 9.90 Å². The summed E-state index contributed by atoms with van der Waals surface area (Å²) in [6.45, 7) is 6.86. The Balaban J connectivity index is 2.12. The van der Waals surface area contributed by atoms with Gasteiger partial charge in [0.15, 0.2) is 0 Å². The van der Waals surface area contributed by atoms with Crippen molar-refractivity contribution in [3.05, 3.63) is 35.4 Å². The van der Waals surface area contributed by atoms with Crippen LogP contribution in [-0.2, 0) is 0 Å². The van der Waals surface area contributed by atoms with Crippen LogP contribution in [0.25, 0.3) is 0 Å². The van der Waals surface area contributed by atoms with E-state index in [1.54, 1.807) is 4.90 Å². The molecule has 122 valence electrons. The summed E-state index contributed by atoms with van der Waals surface area (Å²) in [5.74, 6) is 0.497. The average Bonchev–Trinajstić information content (AvgIpc) is 3.28. The van der Waals surface area contributed by atoms with E-state index in [4.69, 9.17) is 0 Å². The topological polar surface area (TPSA) is 52.6 Å². The third-order valence-corrected chi connectivity index (χ3v) is 4.16. The molecule has 22 heavy (non-hydrogen) atoms. The Morgan fingerprint density at radius 3 is 2.59 bits per heavy atom. The molecular weight excluding hydrogens is 276 g/mol. The highest BCUT2D eigenvalue weighted by atomic mass is 16.3. The molecule has 1 atom stereocenters. The summed E-state index contributed by atoms with van der Waals surface area (Å²) in [7, 11) is 0. The van der Waals surface area contributed by atoms with Crippen LogP contribution in [0.2, 0.25) is 0 Å². The fourth-order valence-electron chi connectivity index (χ4n) is 2.89. The summed E-state index contributed by atoms with van der Waals surface area (Å²) in [6.07, 6.45) is 3.01. The standard InChI is InChI=1S/C18H28N2O2/c1-13(2)12-17(16-7-5-4-6-14(16)3)19-18(22)20(10-11-21)15-8-9-15/h4-7,13,15,17,21H,8-12H2,1-3H3,(H,19,22). The molecule has 1 aliphatic rings. The zero-order valence-corrected chi connectivity index (χ0v) is 13.9. The van der Waals surface area contributed by atoms with Gasteiger partial charge in [0.05, 0.1) is 12.6 Å². The number of aliphatic hydroxyl groups excluding tert-OH is 1. The van der Waals surface area contributed by atoms with Crippen LogP contribution >= 0.6 is 0 Å². The molecule has 4 heteroatoms. The number of hydrogen-bond acceptors (Lipinski definition) is 2. The third-order valence-electron chi connectivity index (χ3n) is 4.16. The second-order valence-corrected chi connectivity index (χ2v) is 6.64. The maximum absolute atomic E-state index is 12.6. The van der Waals surface area contributed by atoms with E-state index < -0.39 is 0 Å². The van der Waals surface area contributed by atoms with Gasteiger partial charge in [0.2, 0.25) is 0 Å². The van der Waals surface area contributed by atoms with Crippen molar-refractivity contribution >= 4 is 6.03 Å². The van der Waals surface area contributed by atoms with Crippen LogP contribution in [0.15, 0.2) is 24.3 Å². The van der Waals surface area contributed by atoms with E-state index in [-0.39, 0.29) is 18.7 Å². The Morgan fingerprint density at radius 1 is 1.36 bits per heavy atom. The molecule has 2 rings (SSSR count). The zero-order valence-electron chi connectivity index (χ0n) is 13.9. The maximum atomic E-state index is 12.6. The maximum Gasteiger partial charge on any atom is 0.318 e. The number of amides is 2. The monoisotopic (exact) mass is 304 g/mol. The Kier molecular flexibility index (Phi) is 5.83. The molecule has 2 amide bonds. The minimum Gasteiger partial charge on any atom is -0.395 e. The number of rotatable bonds is 7. The number of carbonyl (C=O) groups excluding carboxylic acids is 1. The molecule has 2 N–H and O–H groups in total. The van der Waals surface area contributed by atoms with E-state index in [9.17, 15) is 9.90 Å². The van der Waals surface area contributed by atoms with E-state index in [2.05, 4.69) is 38.2 Å². The number of urea groups is 1. The van der Waals surface area contributed by atoms with Crippen molar-refractivity contribution in [2.45, 2.75) is 52.1 Å². The summed E-state index contributed by atoms with van der Waals surface area (Å²) < 4.78 is 0. The van der Waals surface area contributed by atoms with Crippen molar-refractivity contribution in [2.24, 2.45) is 5.92 Å². The van der Waals surface area contributed by atoms with Gasteiger partial charge >= 0.3 is 6.03 Å². The number of nitrogens with one attached hydrogen (secondary N) is 1. The summed E-state index contributed by atoms with van der Waals surface area (Å²) in [5, 5.41) is 12.4. The van der Waals surface area contributed by atoms with Crippen LogP contribution in [0.5, 0.6) is 0 Å². The van der Waals surface area contributed by atoms with Crippen molar-refractivity contribution in [3.63, 3.8) is 0 Å². The van der Waals surface area contributed by atoms with Crippen LogP contribution < -0.4 is 5.32 Å². The molecule has 4 nitrogen and oxygen atoms in total. The van der Waals surface area contributed by atoms with Crippen LogP contribution in [0, 0.1) is 12.8 Å². The van der Waals surface area contributed by atoms with Gasteiger partial charge in [-0.05, 0) is 43.2 Å². The SMILES string of the molecule is Cc1ccccc1C(CC(C)C)NC(=O)N(CCO)C1CC1. The molecule has 1 aromatic rings. The fraction of sp³-hybridized carbons (Fsp3) is 0.611. The van der Waals surface area contributed by atoms with Gasteiger partial charge in [-0.2, -0.15) is 0 Å². The summed E-state index contributed by atoms with van der Waals surface area (Å²) in [6, 6.07) is 8.50. The molecule has 1 saturated carbocycles. The molecule has 0 spiro atoms. The predicted molar refractivity (Wildman–Crippen MR) is 88.7 cm³/mol. The van der Waals surface area contributed by atoms with Crippen molar-refractivity contribution in [1.29, 1.82) is 0 Å². The van der Waals surface area contributed by atoms with Gasteiger partial charge in [0.1, 0.15) is 0 Å². The van der Waals surface area contributed by atoms with Crippen molar-refractivity contribution in [3.8, 4) is 0 Å². The van der Waals surface area contributed by atoms with Crippen LogP contribution in [0.1, 0.15) is 50.3 Å². The highest BCUT2D eigenvalue weighted by Crippen LogP contribution is 2.28. The van der Waals surface area contributed by atoms with E-state index in [0.717, 1.165) is 19.3 Å². The first-order valence-electron chi connectivity index (χ1n) is 8.26. The minimum atomic E-state index is -0.0505. The second kappa shape index (κ2) is 7.63. The largest absolute Gasteiger partial charge is 0.395 e. The van der Waals surface area contributed by atoms with Gasteiger partial charge in [-0.3, -0.25) is 0 Å². The Morgan fingerprint density at radius 2 is 2.05 bits per heavy atom. The molecule has 0 heterocycles. The average molecular weight is 304 g/mol. The lowest BCUT2D eigenvalue weighted by Crippen LogP contribution is -2.44. The van der Waals surface area contributed by atoms with Crippen molar-refractivity contribution in [1.82, 2.24) is 10.2 Å². The Bertz CT molecular complexity index is 498. The van der Waals surface area contributed by atoms with Gasteiger partial charge in [0.25, 0.3) is 0 Å². The molecule has 0 aromatic heterocycles. The molecule has 0 saturated heterocycles. The Hall–Kier alpha value is -1.55. The normalized spacial score (nSPS) is 15.7. The molecule has 0 radical (unpaired) electrons. The van der Waals surface area contributed by atoms with Crippen LogP contribution in [0.3, 0.4) is 0 Å². The molecule has 1 aliphatic carbocycles. The Labute approximate surface area is 133 Å².